The number of nitrogens with zero attached hydrogens (tertiary/aromatic N) is 3. The first-order valence-corrected chi connectivity index (χ1v) is 7.68. The summed E-state index contributed by atoms with van der Waals surface area (Å²) < 4.78 is 0. The number of carbonyl (C=O) groups is 1. The summed E-state index contributed by atoms with van der Waals surface area (Å²) >= 11 is 0. The fourth-order valence-corrected chi connectivity index (χ4v) is 2.76. The van der Waals surface area contributed by atoms with Crippen molar-refractivity contribution in [3.8, 4) is 0 Å². The highest BCUT2D eigenvalue weighted by Gasteiger charge is 2.36. The number of hydrogen-bond donors (Lipinski definition) is 1. The molecule has 120 valence electrons. The van der Waals surface area contributed by atoms with Crippen LogP contribution in [0.1, 0.15) is 44.5 Å². The lowest BCUT2D eigenvalue weighted by molar-refractivity contribution is 0.0776. The van der Waals surface area contributed by atoms with Gasteiger partial charge in [-0.05, 0) is 46.0 Å². The highest BCUT2D eigenvalue weighted by molar-refractivity contribution is 5.94. The third-order valence-corrected chi connectivity index (χ3v) is 3.85. The van der Waals surface area contributed by atoms with E-state index >= 15 is 0 Å². The summed E-state index contributed by atoms with van der Waals surface area (Å²) in [5.41, 5.74) is 0.640. The topological polar surface area (TPSA) is 57.6 Å². The standard InChI is InChI=1S/C17H26N4O/c1-16(2,3)20-14-7-6-13(10-19-14)15(22)21-9-8-17(4,12-21)11-18-5/h6-7,10H,5,8-9,11-12H2,1-4H3,(H,19,20)/t17-/m1/s1. The zero-order chi connectivity index (χ0) is 16.4. The van der Waals surface area contributed by atoms with E-state index in [0.29, 0.717) is 12.1 Å². The van der Waals surface area contributed by atoms with E-state index < -0.39 is 0 Å². The Balaban J connectivity index is 2.03. The SMILES string of the molecule is C=NC[C@@]1(C)CCN(C(=O)c2ccc(NC(C)(C)C)nc2)C1. The number of hydrogen-bond acceptors (Lipinski definition) is 4. The second-order valence-electron chi connectivity index (χ2n) is 7.48. The maximum Gasteiger partial charge on any atom is 0.255 e. The number of aromatic nitrogens is 1. The number of carbonyl (C=O) groups excluding carboxylic acids is 1. The fourth-order valence-electron chi connectivity index (χ4n) is 2.76. The van der Waals surface area contributed by atoms with Gasteiger partial charge in [0, 0.05) is 36.8 Å². The molecule has 2 rings (SSSR count). The minimum Gasteiger partial charge on any atom is -0.365 e. The first kappa shape index (κ1) is 16.5. The molecule has 0 saturated carbocycles. The molecule has 0 unspecified atom stereocenters. The van der Waals surface area contributed by atoms with Gasteiger partial charge in [-0.1, -0.05) is 6.92 Å². The molecule has 0 aliphatic carbocycles. The van der Waals surface area contributed by atoms with E-state index in [1.54, 1.807) is 6.20 Å². The molecule has 1 saturated heterocycles. The zero-order valence-corrected chi connectivity index (χ0v) is 14.0. The number of rotatable bonds is 4. The van der Waals surface area contributed by atoms with Crippen LogP contribution in [0.25, 0.3) is 0 Å². The third kappa shape index (κ3) is 4.06. The lowest BCUT2D eigenvalue weighted by Crippen LogP contribution is -2.32. The number of aliphatic imine (C=N–C) groups is 1. The molecule has 1 fully saturated rings. The van der Waals surface area contributed by atoms with Crippen molar-refractivity contribution < 1.29 is 4.79 Å². The largest absolute Gasteiger partial charge is 0.365 e. The van der Waals surface area contributed by atoms with Crippen LogP contribution in [0.15, 0.2) is 23.3 Å². The molecule has 1 N–H and O–H groups in total. The summed E-state index contributed by atoms with van der Waals surface area (Å²) in [5.74, 6) is 0.828. The van der Waals surface area contributed by atoms with E-state index in [4.69, 9.17) is 0 Å². The van der Waals surface area contributed by atoms with Gasteiger partial charge in [0.25, 0.3) is 5.91 Å². The normalized spacial score (nSPS) is 21.7. The van der Waals surface area contributed by atoms with E-state index in [1.165, 1.54) is 0 Å². The molecule has 0 aromatic carbocycles. The van der Waals surface area contributed by atoms with Crippen LogP contribution in [0.2, 0.25) is 0 Å². The predicted octanol–water partition coefficient (Wildman–Crippen LogP) is 2.84. The van der Waals surface area contributed by atoms with Gasteiger partial charge in [-0.3, -0.25) is 4.79 Å². The molecule has 5 nitrogen and oxygen atoms in total. The lowest BCUT2D eigenvalue weighted by Gasteiger charge is -2.23. The van der Waals surface area contributed by atoms with E-state index in [0.717, 1.165) is 25.3 Å². The van der Waals surface area contributed by atoms with Gasteiger partial charge in [0.05, 0.1) is 5.56 Å². The van der Waals surface area contributed by atoms with Crippen molar-refractivity contribution in [1.29, 1.82) is 0 Å². The minimum absolute atomic E-state index is 0.0441. The van der Waals surface area contributed by atoms with E-state index in [1.807, 2.05) is 17.0 Å². The van der Waals surface area contributed by atoms with Crippen LogP contribution in [0.5, 0.6) is 0 Å². The Morgan fingerprint density at radius 3 is 2.77 bits per heavy atom. The van der Waals surface area contributed by atoms with Crippen LogP contribution in [-0.2, 0) is 0 Å². The van der Waals surface area contributed by atoms with E-state index in [9.17, 15) is 4.79 Å². The molecule has 0 bridgehead atoms. The molecule has 1 aliphatic heterocycles. The molecule has 2 heterocycles. The number of nitrogens with one attached hydrogen (secondary N) is 1. The first-order chi connectivity index (χ1) is 10.2. The van der Waals surface area contributed by atoms with Crippen LogP contribution < -0.4 is 5.32 Å². The number of amides is 1. The van der Waals surface area contributed by atoms with Crippen molar-refractivity contribution in [2.24, 2.45) is 10.4 Å². The lowest BCUT2D eigenvalue weighted by atomic mass is 9.90. The maximum atomic E-state index is 12.6. The van der Waals surface area contributed by atoms with Crippen LogP contribution in [0, 0.1) is 5.41 Å². The second kappa shape index (κ2) is 6.07. The van der Waals surface area contributed by atoms with Gasteiger partial charge in [-0.25, -0.2) is 4.98 Å². The Bertz CT molecular complexity index is 547. The van der Waals surface area contributed by atoms with Crippen molar-refractivity contribution in [2.45, 2.75) is 39.7 Å². The van der Waals surface area contributed by atoms with Crippen molar-refractivity contribution in [2.75, 3.05) is 25.0 Å². The summed E-state index contributed by atoms with van der Waals surface area (Å²) in [6.45, 7) is 14.1. The fraction of sp³-hybridized carbons (Fsp3) is 0.588. The van der Waals surface area contributed by atoms with Crippen molar-refractivity contribution in [3.05, 3.63) is 23.9 Å². The molecule has 1 atom stereocenters. The van der Waals surface area contributed by atoms with Gasteiger partial charge in [0.1, 0.15) is 5.82 Å². The molecule has 0 radical (unpaired) electrons. The summed E-state index contributed by atoms with van der Waals surface area (Å²) in [7, 11) is 0. The molecule has 1 amide bonds. The molecule has 0 spiro atoms. The van der Waals surface area contributed by atoms with Crippen molar-refractivity contribution in [3.63, 3.8) is 0 Å². The average Bonchev–Trinajstić information content (AvgIpc) is 2.80. The average molecular weight is 302 g/mol. The van der Waals surface area contributed by atoms with Gasteiger partial charge in [-0.2, -0.15) is 0 Å². The number of anilines is 1. The van der Waals surface area contributed by atoms with Crippen LogP contribution >= 0.6 is 0 Å². The molecule has 1 aromatic heterocycles. The van der Waals surface area contributed by atoms with E-state index in [-0.39, 0.29) is 16.9 Å². The zero-order valence-electron chi connectivity index (χ0n) is 14.0. The van der Waals surface area contributed by atoms with Crippen molar-refractivity contribution in [1.82, 2.24) is 9.88 Å². The molecular formula is C17H26N4O. The smallest absolute Gasteiger partial charge is 0.255 e. The Morgan fingerprint density at radius 2 is 2.23 bits per heavy atom. The number of pyridine rings is 1. The summed E-state index contributed by atoms with van der Waals surface area (Å²) in [6, 6.07) is 3.70. The van der Waals surface area contributed by atoms with Gasteiger partial charge in [0.15, 0.2) is 0 Å². The van der Waals surface area contributed by atoms with E-state index in [2.05, 4.69) is 49.7 Å². The maximum absolute atomic E-state index is 12.6. The summed E-state index contributed by atoms with van der Waals surface area (Å²) in [6.07, 6.45) is 2.62. The van der Waals surface area contributed by atoms with Gasteiger partial charge >= 0.3 is 0 Å². The minimum atomic E-state index is -0.0486. The molecule has 1 aromatic rings. The van der Waals surface area contributed by atoms with Crippen molar-refractivity contribution >= 4 is 18.4 Å². The highest BCUT2D eigenvalue weighted by atomic mass is 16.2. The number of likely N-dealkylation sites (tertiary alicyclic amines) is 1. The van der Waals surface area contributed by atoms with Gasteiger partial charge < -0.3 is 15.2 Å². The third-order valence-electron chi connectivity index (χ3n) is 3.85. The summed E-state index contributed by atoms with van der Waals surface area (Å²) in [5, 5.41) is 3.29. The Kier molecular flexibility index (Phi) is 4.54. The monoisotopic (exact) mass is 302 g/mol. The highest BCUT2D eigenvalue weighted by Crippen LogP contribution is 2.31. The second-order valence-corrected chi connectivity index (χ2v) is 7.48. The predicted molar refractivity (Wildman–Crippen MR) is 90.7 cm³/mol. The summed E-state index contributed by atoms with van der Waals surface area (Å²) in [4.78, 5) is 22.8. The van der Waals surface area contributed by atoms with Gasteiger partial charge in [0.2, 0.25) is 0 Å². The van der Waals surface area contributed by atoms with Gasteiger partial charge in [-0.15, -0.1) is 0 Å². The van der Waals surface area contributed by atoms with Crippen LogP contribution in [-0.4, -0.2) is 47.7 Å². The Labute approximate surface area is 132 Å². The molecule has 5 heteroatoms. The quantitative estimate of drug-likeness (QED) is 0.870. The molecule has 1 aliphatic rings. The van der Waals surface area contributed by atoms with Crippen LogP contribution in [0.4, 0.5) is 5.82 Å². The Morgan fingerprint density at radius 1 is 1.50 bits per heavy atom. The molecular weight excluding hydrogens is 276 g/mol. The first-order valence-electron chi connectivity index (χ1n) is 7.68. The Hall–Kier alpha value is -1.91. The molecule has 22 heavy (non-hydrogen) atoms. The van der Waals surface area contributed by atoms with Crippen LogP contribution in [0.3, 0.4) is 0 Å².